The van der Waals surface area contributed by atoms with E-state index in [-0.39, 0.29) is 5.91 Å². The number of aromatic nitrogens is 1. The van der Waals surface area contributed by atoms with Crippen LogP contribution in [0, 0.1) is 0 Å². The minimum absolute atomic E-state index is 0.0913. The fourth-order valence-electron chi connectivity index (χ4n) is 2.40. The number of halogens is 1. The van der Waals surface area contributed by atoms with E-state index < -0.39 is 0 Å². The van der Waals surface area contributed by atoms with Gasteiger partial charge in [0, 0.05) is 25.8 Å². The van der Waals surface area contributed by atoms with Crippen LogP contribution < -0.4 is 10.2 Å². The minimum Gasteiger partial charge on any atom is -0.357 e. The number of hydrogen-bond acceptors (Lipinski definition) is 4. The lowest BCUT2D eigenvalue weighted by molar-refractivity contribution is 0.0955. The van der Waals surface area contributed by atoms with Crippen molar-refractivity contribution in [1.82, 2.24) is 10.3 Å². The molecule has 1 aliphatic heterocycles. The molecule has 1 N–H and O–H groups in total. The first-order valence-corrected chi connectivity index (χ1v) is 8.15. The topological polar surface area (TPSA) is 45.2 Å². The van der Waals surface area contributed by atoms with Crippen LogP contribution in [0.4, 0.5) is 5.82 Å². The maximum atomic E-state index is 12.0. The predicted octanol–water partition coefficient (Wildman–Crippen LogP) is 3.33. The van der Waals surface area contributed by atoms with E-state index in [2.05, 4.69) is 15.2 Å². The van der Waals surface area contributed by atoms with E-state index in [0.717, 1.165) is 24.5 Å². The first-order chi connectivity index (χ1) is 10.2. The van der Waals surface area contributed by atoms with E-state index in [1.54, 1.807) is 18.3 Å². The molecule has 3 rings (SSSR count). The molecule has 4 nitrogen and oxygen atoms in total. The van der Waals surface area contributed by atoms with Crippen LogP contribution in [0.5, 0.6) is 0 Å². The van der Waals surface area contributed by atoms with E-state index in [1.807, 2.05) is 12.1 Å². The van der Waals surface area contributed by atoms with Crippen molar-refractivity contribution in [3.05, 3.63) is 45.2 Å². The molecule has 0 aromatic carbocycles. The number of anilines is 1. The summed E-state index contributed by atoms with van der Waals surface area (Å²) in [5.41, 5.74) is 1.06. The fraction of sp³-hybridized carbons (Fsp3) is 0.333. The SMILES string of the molecule is O=C(NCc1ccnc(N2CCCC2)c1)c1ccc(Cl)s1. The number of nitrogens with one attached hydrogen (secondary N) is 1. The average molecular weight is 322 g/mol. The second-order valence-electron chi connectivity index (χ2n) is 5.00. The van der Waals surface area contributed by atoms with Gasteiger partial charge in [-0.05, 0) is 42.7 Å². The maximum Gasteiger partial charge on any atom is 0.261 e. The zero-order valence-corrected chi connectivity index (χ0v) is 13.1. The van der Waals surface area contributed by atoms with Crippen molar-refractivity contribution in [2.45, 2.75) is 19.4 Å². The van der Waals surface area contributed by atoms with Crippen LogP contribution in [0.25, 0.3) is 0 Å². The van der Waals surface area contributed by atoms with Crippen LogP contribution in [0.3, 0.4) is 0 Å². The van der Waals surface area contributed by atoms with Gasteiger partial charge in [0.15, 0.2) is 0 Å². The van der Waals surface area contributed by atoms with E-state index in [9.17, 15) is 4.79 Å². The molecule has 0 atom stereocenters. The van der Waals surface area contributed by atoms with E-state index in [1.165, 1.54) is 24.2 Å². The quantitative estimate of drug-likeness (QED) is 0.939. The fourth-order valence-corrected chi connectivity index (χ4v) is 3.35. The summed E-state index contributed by atoms with van der Waals surface area (Å²) >= 11 is 7.13. The Balaban J connectivity index is 1.62. The van der Waals surface area contributed by atoms with Crippen LogP contribution in [-0.2, 0) is 6.54 Å². The first kappa shape index (κ1) is 14.4. The number of carbonyl (C=O) groups excluding carboxylic acids is 1. The molecule has 1 amide bonds. The molecule has 1 aliphatic rings. The molecular weight excluding hydrogens is 306 g/mol. The molecule has 2 aromatic heterocycles. The van der Waals surface area contributed by atoms with Crippen LogP contribution in [0.2, 0.25) is 4.34 Å². The standard InChI is InChI=1S/C15H16ClN3OS/c16-13-4-3-12(21-13)15(20)18-10-11-5-6-17-14(9-11)19-7-1-2-8-19/h3-6,9H,1-2,7-8,10H2,(H,18,20). The highest BCUT2D eigenvalue weighted by molar-refractivity contribution is 7.17. The van der Waals surface area contributed by atoms with Gasteiger partial charge in [0.05, 0.1) is 9.21 Å². The third-order valence-electron chi connectivity index (χ3n) is 3.49. The monoisotopic (exact) mass is 321 g/mol. The summed E-state index contributed by atoms with van der Waals surface area (Å²) in [7, 11) is 0. The largest absolute Gasteiger partial charge is 0.357 e. The third-order valence-corrected chi connectivity index (χ3v) is 4.72. The Hall–Kier alpha value is -1.59. The smallest absolute Gasteiger partial charge is 0.261 e. The van der Waals surface area contributed by atoms with Gasteiger partial charge in [0.25, 0.3) is 5.91 Å². The predicted molar refractivity (Wildman–Crippen MR) is 86.2 cm³/mol. The van der Waals surface area contributed by atoms with E-state index >= 15 is 0 Å². The lowest BCUT2D eigenvalue weighted by Crippen LogP contribution is -2.23. The van der Waals surface area contributed by atoms with Gasteiger partial charge in [-0.3, -0.25) is 4.79 Å². The number of nitrogens with zero attached hydrogens (tertiary/aromatic N) is 2. The molecule has 0 radical (unpaired) electrons. The second-order valence-corrected chi connectivity index (χ2v) is 6.72. The van der Waals surface area contributed by atoms with Gasteiger partial charge in [-0.25, -0.2) is 4.98 Å². The Bertz CT molecular complexity index is 637. The molecule has 0 aliphatic carbocycles. The molecule has 1 fully saturated rings. The van der Waals surface area contributed by atoms with Crippen molar-refractivity contribution in [1.29, 1.82) is 0 Å². The summed E-state index contributed by atoms with van der Waals surface area (Å²) in [6, 6.07) is 7.46. The maximum absolute atomic E-state index is 12.0. The highest BCUT2D eigenvalue weighted by Gasteiger charge is 2.14. The van der Waals surface area contributed by atoms with Gasteiger partial charge in [-0.1, -0.05) is 11.6 Å². The third kappa shape index (κ3) is 3.54. The Labute approximate surface area is 132 Å². The molecule has 0 saturated carbocycles. The van der Waals surface area contributed by atoms with Crippen molar-refractivity contribution in [3.8, 4) is 0 Å². The number of hydrogen-bond donors (Lipinski definition) is 1. The summed E-state index contributed by atoms with van der Waals surface area (Å²) < 4.78 is 0.625. The summed E-state index contributed by atoms with van der Waals surface area (Å²) in [6.07, 6.45) is 4.25. The zero-order valence-electron chi connectivity index (χ0n) is 11.5. The molecule has 2 aromatic rings. The van der Waals surface area contributed by atoms with E-state index in [0.29, 0.717) is 15.8 Å². The van der Waals surface area contributed by atoms with Crippen LogP contribution >= 0.6 is 22.9 Å². The summed E-state index contributed by atoms with van der Waals surface area (Å²) in [6.45, 7) is 2.63. The van der Waals surface area contributed by atoms with Crippen molar-refractivity contribution >= 4 is 34.7 Å². The van der Waals surface area contributed by atoms with Gasteiger partial charge in [0.2, 0.25) is 0 Å². The number of amides is 1. The van der Waals surface area contributed by atoms with Crippen LogP contribution in [-0.4, -0.2) is 24.0 Å². The molecule has 0 unspecified atom stereocenters. The van der Waals surface area contributed by atoms with Crippen LogP contribution in [0.1, 0.15) is 28.1 Å². The van der Waals surface area contributed by atoms with Crippen molar-refractivity contribution in [2.75, 3.05) is 18.0 Å². The number of carbonyl (C=O) groups is 1. The van der Waals surface area contributed by atoms with Gasteiger partial charge in [0.1, 0.15) is 5.82 Å². The number of rotatable bonds is 4. The van der Waals surface area contributed by atoms with Gasteiger partial charge >= 0.3 is 0 Å². The summed E-state index contributed by atoms with van der Waals surface area (Å²) in [4.78, 5) is 19.3. The first-order valence-electron chi connectivity index (χ1n) is 6.96. The Kier molecular flexibility index (Phi) is 4.41. The molecule has 6 heteroatoms. The number of pyridine rings is 1. The Morgan fingerprint density at radius 3 is 2.86 bits per heavy atom. The van der Waals surface area contributed by atoms with Gasteiger partial charge in [-0.2, -0.15) is 0 Å². The highest BCUT2D eigenvalue weighted by Crippen LogP contribution is 2.21. The molecule has 110 valence electrons. The molecule has 0 bridgehead atoms. The number of thiophene rings is 1. The van der Waals surface area contributed by atoms with Gasteiger partial charge < -0.3 is 10.2 Å². The summed E-state index contributed by atoms with van der Waals surface area (Å²) in [5.74, 6) is 0.907. The van der Waals surface area contributed by atoms with Gasteiger partial charge in [-0.15, -0.1) is 11.3 Å². The molecule has 21 heavy (non-hydrogen) atoms. The van der Waals surface area contributed by atoms with Crippen molar-refractivity contribution < 1.29 is 4.79 Å². The minimum atomic E-state index is -0.0913. The highest BCUT2D eigenvalue weighted by atomic mass is 35.5. The molecule has 3 heterocycles. The molecule has 0 spiro atoms. The molecular formula is C15H16ClN3OS. The zero-order chi connectivity index (χ0) is 14.7. The Morgan fingerprint density at radius 1 is 1.33 bits per heavy atom. The summed E-state index contributed by atoms with van der Waals surface area (Å²) in [5, 5.41) is 2.91. The molecule has 1 saturated heterocycles. The lowest BCUT2D eigenvalue weighted by atomic mass is 10.2. The normalized spacial score (nSPS) is 14.4. The average Bonchev–Trinajstić information content (AvgIpc) is 3.16. The lowest BCUT2D eigenvalue weighted by Gasteiger charge is -2.16. The van der Waals surface area contributed by atoms with Crippen LogP contribution in [0.15, 0.2) is 30.5 Å². The van der Waals surface area contributed by atoms with Crippen molar-refractivity contribution in [2.24, 2.45) is 0 Å². The Morgan fingerprint density at radius 2 is 2.14 bits per heavy atom. The van der Waals surface area contributed by atoms with Crippen molar-refractivity contribution in [3.63, 3.8) is 0 Å². The van der Waals surface area contributed by atoms with E-state index in [4.69, 9.17) is 11.6 Å². The second kappa shape index (κ2) is 6.45.